The van der Waals surface area contributed by atoms with Gasteiger partial charge in [-0.25, -0.2) is 10.3 Å². The minimum atomic E-state index is -1.51. The molecule has 0 aromatic heterocycles. The summed E-state index contributed by atoms with van der Waals surface area (Å²) in [5, 5.41) is 39.8. The smallest absolute Gasteiger partial charge is 0.315 e. The molecule has 0 radical (unpaired) electrons. The van der Waals surface area contributed by atoms with Gasteiger partial charge in [0.2, 0.25) is 47.3 Å². The largest absolute Gasteiger partial charge is 0.394 e. The highest BCUT2D eigenvalue weighted by Gasteiger charge is 2.42. The van der Waals surface area contributed by atoms with Crippen LogP contribution in [0.2, 0.25) is 0 Å². The Bertz CT molecular complexity index is 1470. The number of carbonyl (C=O) groups excluding carboxylic acids is 9. The summed E-state index contributed by atoms with van der Waals surface area (Å²) < 4.78 is 0. The van der Waals surface area contributed by atoms with E-state index < -0.39 is 91.0 Å². The molecule has 22 heteroatoms. The van der Waals surface area contributed by atoms with Crippen molar-refractivity contribution < 1.29 is 53.5 Å². The highest BCUT2D eigenvalue weighted by molar-refractivity contribution is 8.00. The van der Waals surface area contributed by atoms with Gasteiger partial charge in [0.25, 0.3) is 0 Å². The number of aliphatic hydroxyl groups excluding tert-OH is 1. The maximum Gasteiger partial charge on any atom is 0.315 e. The SMILES string of the molecule is CC[C@H](C)[C@H](NC(=O)C(CC(=O)NO)CC(C)C)C(=O)N[C@@H](CO)C(=O)NCC(=O)NCC(=O)N[C@@H](CCCCNC(=O)CCCC[C@@H]1SC[C@@H]2NC(=O)N[C@@H]21)C(N)=O. The summed E-state index contributed by atoms with van der Waals surface area (Å²) in [6.07, 6.45) is 4.48. The molecule has 2 saturated heterocycles. The minimum Gasteiger partial charge on any atom is -0.394 e. The Morgan fingerprint density at radius 2 is 1.53 bits per heavy atom. The van der Waals surface area contributed by atoms with Crippen molar-refractivity contribution in [2.75, 3.05) is 32.0 Å². The third kappa shape index (κ3) is 18.4. The van der Waals surface area contributed by atoms with Crippen LogP contribution in [0, 0.1) is 17.8 Å². The number of urea groups is 1. The van der Waals surface area contributed by atoms with Crippen molar-refractivity contribution in [3.05, 3.63) is 0 Å². The molecule has 0 aromatic rings. The number of primary amides is 1. The Hall–Kier alpha value is -4.70. The lowest BCUT2D eigenvalue weighted by Gasteiger charge is -2.28. The highest BCUT2D eigenvalue weighted by Crippen LogP contribution is 2.33. The zero-order valence-corrected chi connectivity index (χ0v) is 35.2. The average molecular weight is 857 g/mol. The summed E-state index contributed by atoms with van der Waals surface area (Å²) in [5.41, 5.74) is 6.95. The number of nitrogens with two attached hydrogens (primary N) is 1. The van der Waals surface area contributed by atoms with E-state index >= 15 is 0 Å². The predicted molar refractivity (Wildman–Crippen MR) is 216 cm³/mol. The molecule has 10 amide bonds. The van der Waals surface area contributed by atoms with Crippen LogP contribution in [0.3, 0.4) is 0 Å². The fourth-order valence-corrected chi connectivity index (χ4v) is 8.22. The first-order valence-corrected chi connectivity index (χ1v) is 21.3. The highest BCUT2D eigenvalue weighted by atomic mass is 32.2. The third-order valence-electron chi connectivity index (χ3n) is 10.2. The number of carbonyl (C=O) groups is 9. The van der Waals surface area contributed by atoms with E-state index in [1.165, 1.54) is 5.48 Å². The molecule has 0 spiro atoms. The van der Waals surface area contributed by atoms with Crippen molar-refractivity contribution in [3.63, 3.8) is 0 Å². The lowest BCUT2D eigenvalue weighted by molar-refractivity contribution is -0.138. The van der Waals surface area contributed by atoms with Crippen molar-refractivity contribution in [1.82, 2.24) is 48.0 Å². The monoisotopic (exact) mass is 856 g/mol. The topological polar surface area (TPSA) is 328 Å². The molecule has 8 atom stereocenters. The van der Waals surface area contributed by atoms with Gasteiger partial charge in [-0.05, 0) is 50.4 Å². The van der Waals surface area contributed by atoms with Crippen LogP contribution >= 0.6 is 11.8 Å². The van der Waals surface area contributed by atoms with E-state index in [0.717, 1.165) is 25.0 Å². The van der Waals surface area contributed by atoms with Crippen LogP contribution in [0.25, 0.3) is 0 Å². The molecule has 59 heavy (non-hydrogen) atoms. The molecule has 2 aliphatic heterocycles. The van der Waals surface area contributed by atoms with Crippen LogP contribution in [0.5, 0.6) is 0 Å². The first-order chi connectivity index (χ1) is 28.0. The number of amides is 10. The lowest BCUT2D eigenvalue weighted by Crippen LogP contribution is -2.58. The summed E-state index contributed by atoms with van der Waals surface area (Å²) in [6.45, 7) is 5.51. The molecule has 0 aromatic carbocycles. The fraction of sp³-hybridized carbons (Fsp3) is 0.757. The van der Waals surface area contributed by atoms with Gasteiger partial charge in [0.05, 0.1) is 31.8 Å². The number of fused-ring (bicyclic) bond motifs is 1. The van der Waals surface area contributed by atoms with E-state index in [-0.39, 0.29) is 42.8 Å². The molecule has 334 valence electrons. The van der Waals surface area contributed by atoms with Crippen LogP contribution < -0.4 is 53.7 Å². The Morgan fingerprint density at radius 3 is 2.17 bits per heavy atom. The van der Waals surface area contributed by atoms with Crippen LogP contribution in [0.4, 0.5) is 4.79 Å². The van der Waals surface area contributed by atoms with Crippen LogP contribution in [-0.4, -0.2) is 131 Å². The number of thioether (sulfide) groups is 1. The molecule has 0 bridgehead atoms. The molecule has 2 rings (SSSR count). The van der Waals surface area contributed by atoms with Crippen molar-refractivity contribution in [2.45, 2.75) is 127 Å². The number of hydroxylamine groups is 1. The number of unbranched alkanes of at least 4 members (excludes halogenated alkanes) is 2. The van der Waals surface area contributed by atoms with Crippen molar-refractivity contribution >= 4 is 65.1 Å². The summed E-state index contributed by atoms with van der Waals surface area (Å²) in [5.74, 6) is -5.84. The predicted octanol–water partition coefficient (Wildman–Crippen LogP) is -2.23. The van der Waals surface area contributed by atoms with Gasteiger partial charge in [-0.2, -0.15) is 11.8 Å². The van der Waals surface area contributed by atoms with E-state index in [4.69, 9.17) is 10.9 Å². The van der Waals surface area contributed by atoms with E-state index in [1.807, 2.05) is 25.6 Å². The van der Waals surface area contributed by atoms with E-state index in [1.54, 1.807) is 13.8 Å². The van der Waals surface area contributed by atoms with E-state index in [9.17, 15) is 48.3 Å². The van der Waals surface area contributed by atoms with E-state index in [2.05, 4.69) is 42.5 Å². The number of aliphatic hydroxyl groups is 1. The Kier molecular flexibility index (Phi) is 22.6. The van der Waals surface area contributed by atoms with Crippen LogP contribution in [-0.2, 0) is 38.4 Å². The molecule has 1 unspecified atom stereocenters. The van der Waals surface area contributed by atoms with E-state index in [0.29, 0.717) is 43.9 Å². The minimum absolute atomic E-state index is 0.0120. The molecule has 0 aliphatic carbocycles. The zero-order chi connectivity index (χ0) is 44.1. The van der Waals surface area contributed by atoms with Crippen LogP contribution in [0.1, 0.15) is 91.9 Å². The number of hydrogen-bond acceptors (Lipinski definition) is 12. The quantitative estimate of drug-likeness (QED) is 0.0172. The maximum absolute atomic E-state index is 13.2. The fourth-order valence-electron chi connectivity index (χ4n) is 6.68. The Balaban J connectivity index is 1.70. The molecule has 2 heterocycles. The van der Waals surface area contributed by atoms with Crippen molar-refractivity contribution in [2.24, 2.45) is 23.5 Å². The van der Waals surface area contributed by atoms with Gasteiger partial charge < -0.3 is 53.4 Å². The van der Waals surface area contributed by atoms with Crippen molar-refractivity contribution in [3.8, 4) is 0 Å². The first-order valence-electron chi connectivity index (χ1n) is 20.2. The lowest BCUT2D eigenvalue weighted by atomic mass is 9.91. The number of nitrogens with one attached hydrogen (secondary N) is 9. The van der Waals surface area contributed by atoms with Gasteiger partial charge in [-0.3, -0.25) is 43.6 Å². The molecule has 2 fully saturated rings. The molecule has 13 N–H and O–H groups in total. The second-order valence-electron chi connectivity index (χ2n) is 15.4. The summed E-state index contributed by atoms with van der Waals surface area (Å²) in [6, 6.07) is -3.50. The van der Waals surface area contributed by atoms with Gasteiger partial charge in [-0.15, -0.1) is 0 Å². The second kappa shape index (κ2) is 26.4. The van der Waals surface area contributed by atoms with Gasteiger partial charge in [0, 0.05) is 36.3 Å². The summed E-state index contributed by atoms with van der Waals surface area (Å²) in [7, 11) is 0. The average Bonchev–Trinajstić information content (AvgIpc) is 3.75. The molecule has 0 saturated carbocycles. The van der Waals surface area contributed by atoms with Gasteiger partial charge >= 0.3 is 6.03 Å². The van der Waals surface area contributed by atoms with Crippen molar-refractivity contribution in [1.29, 1.82) is 0 Å². The Morgan fingerprint density at radius 1 is 0.814 bits per heavy atom. The standard InChI is InChI=1S/C37H64N10O11S/c1-5-21(4)31(45-34(54)22(14-20(2)3)15-28(50)47-58)36(56)43-24(18-48)35(55)41-16-29(51)40-17-30(52)42-23(33(38)53)10-8-9-13-39-27(49)12-7-6-11-26-32-25(19-59-26)44-37(57)46-32/h20-26,31-32,48,58H,5-19H2,1-4H3,(H2,38,53)(H,39,49)(H,40,51)(H,41,55)(H,42,52)(H,43,56)(H,45,54)(H,47,50)(H2,44,46,57)/t21-,22?,23-,24-,25-,26-,31-,32-/m0/s1. The zero-order valence-electron chi connectivity index (χ0n) is 34.4. The Labute approximate surface area is 348 Å². The summed E-state index contributed by atoms with van der Waals surface area (Å²) in [4.78, 5) is 112. The van der Waals surface area contributed by atoms with Crippen LogP contribution in [0.15, 0.2) is 0 Å². The summed E-state index contributed by atoms with van der Waals surface area (Å²) >= 11 is 1.83. The number of rotatable bonds is 28. The molecule has 2 aliphatic rings. The van der Waals surface area contributed by atoms with Gasteiger partial charge in [0.15, 0.2) is 0 Å². The van der Waals surface area contributed by atoms with Gasteiger partial charge in [-0.1, -0.05) is 40.5 Å². The molecule has 21 nitrogen and oxygen atoms in total. The third-order valence-corrected chi connectivity index (χ3v) is 11.7. The molecular weight excluding hydrogens is 793 g/mol. The molecular formula is C37H64N10O11S. The maximum atomic E-state index is 13.2. The normalized spacial score (nSPS) is 19.4. The number of hydrogen-bond donors (Lipinski definition) is 12. The van der Waals surface area contributed by atoms with Gasteiger partial charge in [0.1, 0.15) is 18.1 Å². The second-order valence-corrected chi connectivity index (χ2v) is 16.7. The first kappa shape index (κ1) is 50.4.